The Morgan fingerprint density at radius 2 is 1.97 bits per heavy atom. The highest BCUT2D eigenvalue weighted by molar-refractivity contribution is 5.88. The number of nitrogens with zero attached hydrogens (tertiary/aromatic N) is 4. The second-order valence-electron chi connectivity index (χ2n) is 8.71. The summed E-state index contributed by atoms with van der Waals surface area (Å²) in [6.07, 6.45) is 5.10. The van der Waals surface area contributed by atoms with Crippen LogP contribution in [0.2, 0.25) is 0 Å². The van der Waals surface area contributed by atoms with Crippen molar-refractivity contribution in [2.75, 3.05) is 19.6 Å². The van der Waals surface area contributed by atoms with Crippen LogP contribution in [0.25, 0.3) is 0 Å². The van der Waals surface area contributed by atoms with E-state index in [0.29, 0.717) is 11.8 Å². The van der Waals surface area contributed by atoms with E-state index in [4.69, 9.17) is 0 Å². The van der Waals surface area contributed by atoms with Crippen molar-refractivity contribution >= 4 is 18.3 Å². The van der Waals surface area contributed by atoms with Crippen molar-refractivity contribution in [2.45, 2.75) is 63.5 Å². The number of carbonyl (C=O) groups excluding carboxylic acids is 1. The summed E-state index contributed by atoms with van der Waals surface area (Å²) in [4.78, 5) is 15.7. The van der Waals surface area contributed by atoms with Crippen molar-refractivity contribution in [3.63, 3.8) is 0 Å². The van der Waals surface area contributed by atoms with E-state index in [1.54, 1.807) is 0 Å². The fourth-order valence-corrected chi connectivity index (χ4v) is 5.37. The average molecular weight is 416 g/mol. The maximum atomic E-state index is 13.5. The number of benzene rings is 1. The van der Waals surface area contributed by atoms with Crippen LogP contribution in [0, 0.1) is 0 Å². The van der Waals surface area contributed by atoms with Crippen molar-refractivity contribution in [2.24, 2.45) is 0 Å². The first-order valence-corrected chi connectivity index (χ1v) is 10.7. The molecular weight excluding hydrogens is 386 g/mol. The molecule has 0 saturated carbocycles. The lowest BCUT2D eigenvalue weighted by molar-refractivity contribution is -0.138. The maximum Gasteiger partial charge on any atom is 0.232 e. The zero-order valence-corrected chi connectivity index (χ0v) is 17.9. The molecule has 0 radical (unpaired) electrons. The molecule has 1 saturated heterocycles. The molecule has 29 heavy (non-hydrogen) atoms. The van der Waals surface area contributed by atoms with Gasteiger partial charge in [0.15, 0.2) is 0 Å². The van der Waals surface area contributed by atoms with E-state index in [0.717, 1.165) is 76.5 Å². The highest BCUT2D eigenvalue weighted by atomic mass is 35.5. The van der Waals surface area contributed by atoms with E-state index < -0.39 is 0 Å². The van der Waals surface area contributed by atoms with E-state index in [2.05, 4.69) is 56.2 Å². The van der Waals surface area contributed by atoms with E-state index >= 15 is 0 Å². The first-order valence-electron chi connectivity index (χ1n) is 10.7. The summed E-state index contributed by atoms with van der Waals surface area (Å²) in [5, 5.41) is 12.2. The van der Waals surface area contributed by atoms with Gasteiger partial charge >= 0.3 is 0 Å². The molecule has 0 spiro atoms. The van der Waals surface area contributed by atoms with Crippen LogP contribution in [-0.4, -0.2) is 45.2 Å². The number of aromatic nitrogens is 3. The largest absolute Gasteiger partial charge is 0.342 e. The molecule has 3 heterocycles. The second kappa shape index (κ2) is 8.07. The van der Waals surface area contributed by atoms with Crippen LogP contribution in [0.4, 0.5) is 0 Å². The zero-order chi connectivity index (χ0) is 19.1. The van der Waals surface area contributed by atoms with Crippen molar-refractivity contribution in [1.29, 1.82) is 0 Å². The minimum atomic E-state index is -0.374. The molecule has 3 aliphatic rings. The monoisotopic (exact) mass is 415 g/mol. The molecule has 7 heteroatoms. The Morgan fingerprint density at radius 1 is 1.17 bits per heavy atom. The number of rotatable bonds is 2. The minimum Gasteiger partial charge on any atom is -0.342 e. The SMILES string of the molecule is CC1(C(=O)N2CCC(c3nnc4n3CCNC4)CC2)CCCc2ccccc21.Cl. The van der Waals surface area contributed by atoms with E-state index in [9.17, 15) is 4.79 Å². The molecule has 1 amide bonds. The van der Waals surface area contributed by atoms with Crippen molar-refractivity contribution in [1.82, 2.24) is 25.0 Å². The molecule has 156 valence electrons. The third-order valence-corrected chi connectivity index (χ3v) is 7.01. The van der Waals surface area contributed by atoms with Crippen LogP contribution in [0.1, 0.15) is 61.3 Å². The third-order valence-electron chi connectivity index (χ3n) is 7.01. The quantitative estimate of drug-likeness (QED) is 0.819. The minimum absolute atomic E-state index is 0. The predicted molar refractivity (Wildman–Crippen MR) is 114 cm³/mol. The molecule has 1 atom stereocenters. The van der Waals surface area contributed by atoms with Gasteiger partial charge in [-0.05, 0) is 50.2 Å². The van der Waals surface area contributed by atoms with Gasteiger partial charge in [-0.25, -0.2) is 0 Å². The lowest BCUT2D eigenvalue weighted by Gasteiger charge is -2.41. The number of hydrogen-bond donors (Lipinski definition) is 1. The third kappa shape index (κ3) is 3.46. The zero-order valence-electron chi connectivity index (χ0n) is 17.1. The summed E-state index contributed by atoms with van der Waals surface area (Å²) in [6.45, 7) is 6.53. The molecule has 0 bridgehead atoms. The fourth-order valence-electron chi connectivity index (χ4n) is 5.37. The number of carbonyl (C=O) groups is 1. The molecular formula is C22H30ClN5O. The van der Waals surface area contributed by atoms with Gasteiger partial charge in [-0.15, -0.1) is 22.6 Å². The number of halogens is 1. The number of hydrogen-bond acceptors (Lipinski definition) is 4. The van der Waals surface area contributed by atoms with Crippen molar-refractivity contribution < 1.29 is 4.79 Å². The number of nitrogens with one attached hydrogen (secondary N) is 1. The first-order chi connectivity index (χ1) is 13.7. The summed E-state index contributed by atoms with van der Waals surface area (Å²) in [5.74, 6) is 2.89. The first kappa shape index (κ1) is 20.4. The Balaban J connectivity index is 0.00000205. The summed E-state index contributed by atoms with van der Waals surface area (Å²) in [6, 6.07) is 8.52. The molecule has 1 unspecified atom stereocenters. The molecule has 2 aliphatic heterocycles. The number of aryl methyl sites for hydroxylation is 1. The standard InChI is InChI=1S/C22H29N5O.ClH/c1-22(10-4-6-16-5-2-3-7-18(16)22)21(28)26-12-8-17(9-13-26)20-25-24-19-15-23-11-14-27(19)20;/h2-3,5,7,17,23H,4,6,8-15H2,1H3;1H. The van der Waals surface area contributed by atoms with Crippen LogP contribution in [0.15, 0.2) is 24.3 Å². The van der Waals surface area contributed by atoms with E-state index in [-0.39, 0.29) is 17.8 Å². The van der Waals surface area contributed by atoms with Gasteiger partial charge in [0.2, 0.25) is 5.91 Å². The number of piperidine rings is 1. The molecule has 2 aromatic rings. The molecule has 6 nitrogen and oxygen atoms in total. The van der Waals surface area contributed by atoms with E-state index in [1.807, 2.05) is 0 Å². The highest BCUT2D eigenvalue weighted by Crippen LogP contribution is 2.40. The topological polar surface area (TPSA) is 63.1 Å². The van der Waals surface area contributed by atoms with Gasteiger partial charge < -0.3 is 14.8 Å². The Labute approximate surface area is 178 Å². The van der Waals surface area contributed by atoms with Gasteiger partial charge in [-0.3, -0.25) is 4.79 Å². The Hall–Kier alpha value is -1.92. The van der Waals surface area contributed by atoms with E-state index in [1.165, 1.54) is 11.1 Å². The summed E-state index contributed by atoms with van der Waals surface area (Å²) in [5.41, 5.74) is 2.22. The van der Waals surface area contributed by atoms with Gasteiger partial charge in [0.1, 0.15) is 11.6 Å². The maximum absolute atomic E-state index is 13.5. The van der Waals surface area contributed by atoms with Crippen molar-refractivity contribution in [3.8, 4) is 0 Å². The lowest BCUT2D eigenvalue weighted by Crippen LogP contribution is -2.49. The summed E-state index contributed by atoms with van der Waals surface area (Å²) < 4.78 is 2.29. The predicted octanol–water partition coefficient (Wildman–Crippen LogP) is 2.80. The van der Waals surface area contributed by atoms with Gasteiger partial charge in [0.05, 0.1) is 12.0 Å². The highest BCUT2D eigenvalue weighted by Gasteiger charge is 2.42. The molecule has 1 aromatic carbocycles. The lowest BCUT2D eigenvalue weighted by atomic mass is 9.70. The summed E-state index contributed by atoms with van der Waals surface area (Å²) >= 11 is 0. The van der Waals surface area contributed by atoms with Crippen LogP contribution in [0.3, 0.4) is 0 Å². The number of fused-ring (bicyclic) bond motifs is 2. The van der Waals surface area contributed by atoms with Gasteiger partial charge in [0.25, 0.3) is 0 Å². The van der Waals surface area contributed by atoms with Crippen molar-refractivity contribution in [3.05, 3.63) is 47.0 Å². The molecule has 5 rings (SSSR count). The Bertz CT molecular complexity index is 889. The molecule has 1 N–H and O–H groups in total. The molecule has 1 aromatic heterocycles. The van der Waals surface area contributed by atoms with Crippen LogP contribution < -0.4 is 5.32 Å². The average Bonchev–Trinajstić information content (AvgIpc) is 3.18. The second-order valence-corrected chi connectivity index (χ2v) is 8.71. The van der Waals surface area contributed by atoms with Gasteiger partial charge in [-0.2, -0.15) is 0 Å². The number of likely N-dealkylation sites (tertiary alicyclic amines) is 1. The Morgan fingerprint density at radius 3 is 2.79 bits per heavy atom. The Kier molecular flexibility index (Phi) is 5.67. The molecule has 1 fully saturated rings. The smallest absolute Gasteiger partial charge is 0.232 e. The van der Waals surface area contributed by atoms with Crippen LogP contribution in [0.5, 0.6) is 0 Å². The fraction of sp³-hybridized carbons (Fsp3) is 0.591. The van der Waals surface area contributed by atoms with Crippen LogP contribution in [-0.2, 0) is 29.7 Å². The number of amides is 1. The normalized spacial score (nSPS) is 24.4. The van der Waals surface area contributed by atoms with Gasteiger partial charge in [-0.1, -0.05) is 24.3 Å². The summed E-state index contributed by atoms with van der Waals surface area (Å²) in [7, 11) is 0. The van der Waals surface area contributed by atoms with Crippen LogP contribution >= 0.6 is 12.4 Å². The van der Waals surface area contributed by atoms with Gasteiger partial charge in [0, 0.05) is 32.1 Å². The molecule has 1 aliphatic carbocycles.